The Hall–Kier alpha value is -1.92. The molecule has 1 atom stereocenters. The van der Waals surface area contributed by atoms with Gasteiger partial charge in [0.15, 0.2) is 0 Å². The van der Waals surface area contributed by atoms with Gasteiger partial charge in [-0.2, -0.15) is 4.98 Å². The molecular formula is C17H20ClN5O. The second-order valence-electron chi connectivity index (χ2n) is 6.56. The first-order valence-corrected chi connectivity index (χ1v) is 8.61. The van der Waals surface area contributed by atoms with Crippen molar-refractivity contribution >= 4 is 23.4 Å². The van der Waals surface area contributed by atoms with E-state index in [0.29, 0.717) is 24.1 Å². The third-order valence-electron chi connectivity index (χ3n) is 5.13. The summed E-state index contributed by atoms with van der Waals surface area (Å²) < 4.78 is 0. The predicted octanol–water partition coefficient (Wildman–Crippen LogP) is 2.00. The van der Waals surface area contributed by atoms with Crippen molar-refractivity contribution in [2.75, 3.05) is 23.8 Å². The molecule has 7 heteroatoms. The molecule has 4 rings (SSSR count). The number of nitrogen functional groups attached to an aromatic ring is 1. The standard InChI is InChI=1S/C17H20ClN5O/c1-9-12-4-2-3-10(12)5-20-13(9)7-23-6-11(8-24)14-15(18)21-17(19)22-16(14)23/h5,11,24H,2-4,6-8H2,1H3,(H2,19,21,22). The second kappa shape index (κ2) is 5.86. The highest BCUT2D eigenvalue weighted by Gasteiger charge is 2.33. The molecule has 0 saturated carbocycles. The molecule has 0 radical (unpaired) electrons. The number of hydrogen-bond donors (Lipinski definition) is 2. The Bertz CT molecular complexity index is 810. The van der Waals surface area contributed by atoms with Gasteiger partial charge in [-0.15, -0.1) is 0 Å². The number of nitrogens with zero attached hydrogens (tertiary/aromatic N) is 4. The highest BCUT2D eigenvalue weighted by molar-refractivity contribution is 6.30. The molecule has 126 valence electrons. The molecule has 24 heavy (non-hydrogen) atoms. The maximum absolute atomic E-state index is 9.68. The number of anilines is 2. The van der Waals surface area contributed by atoms with Gasteiger partial charge in [0.05, 0.1) is 18.8 Å². The zero-order chi connectivity index (χ0) is 16.8. The zero-order valence-electron chi connectivity index (χ0n) is 13.6. The van der Waals surface area contributed by atoms with Gasteiger partial charge in [-0.05, 0) is 42.9 Å². The van der Waals surface area contributed by atoms with Crippen molar-refractivity contribution in [1.29, 1.82) is 0 Å². The van der Waals surface area contributed by atoms with Gasteiger partial charge in [-0.3, -0.25) is 4.98 Å². The van der Waals surface area contributed by atoms with Gasteiger partial charge < -0.3 is 15.7 Å². The number of aryl methyl sites for hydroxylation is 1. The monoisotopic (exact) mass is 345 g/mol. The van der Waals surface area contributed by atoms with Crippen LogP contribution in [0.1, 0.15) is 40.3 Å². The lowest BCUT2D eigenvalue weighted by Crippen LogP contribution is -2.24. The van der Waals surface area contributed by atoms with E-state index in [1.165, 1.54) is 23.1 Å². The third-order valence-corrected chi connectivity index (χ3v) is 5.42. The minimum absolute atomic E-state index is 0.00704. The van der Waals surface area contributed by atoms with E-state index >= 15 is 0 Å². The molecule has 1 aliphatic carbocycles. The minimum atomic E-state index is -0.0946. The van der Waals surface area contributed by atoms with Crippen LogP contribution in [0.25, 0.3) is 0 Å². The molecule has 0 saturated heterocycles. The lowest BCUT2D eigenvalue weighted by Gasteiger charge is -2.20. The molecule has 3 heterocycles. The van der Waals surface area contributed by atoms with Crippen LogP contribution in [0.5, 0.6) is 0 Å². The lowest BCUT2D eigenvalue weighted by atomic mass is 10.0. The quantitative estimate of drug-likeness (QED) is 0.827. The van der Waals surface area contributed by atoms with Crippen LogP contribution in [0.3, 0.4) is 0 Å². The normalized spacial score (nSPS) is 18.8. The number of aliphatic hydroxyl groups excluding tert-OH is 1. The Morgan fingerprint density at radius 1 is 1.38 bits per heavy atom. The van der Waals surface area contributed by atoms with E-state index in [1.54, 1.807) is 0 Å². The highest BCUT2D eigenvalue weighted by Crippen LogP contribution is 2.40. The maximum Gasteiger partial charge on any atom is 0.223 e. The Morgan fingerprint density at radius 3 is 3.00 bits per heavy atom. The van der Waals surface area contributed by atoms with Crippen molar-refractivity contribution in [3.8, 4) is 0 Å². The number of aromatic nitrogens is 3. The Morgan fingerprint density at radius 2 is 2.21 bits per heavy atom. The van der Waals surface area contributed by atoms with Gasteiger partial charge in [0.1, 0.15) is 11.0 Å². The number of nitrogens with two attached hydrogens (primary N) is 1. The van der Waals surface area contributed by atoms with Crippen LogP contribution in [0.2, 0.25) is 5.15 Å². The summed E-state index contributed by atoms with van der Waals surface area (Å²) in [5.41, 5.74) is 11.7. The van der Waals surface area contributed by atoms with E-state index in [2.05, 4.69) is 26.8 Å². The summed E-state index contributed by atoms with van der Waals surface area (Å²) in [6.07, 6.45) is 5.47. The number of rotatable bonds is 3. The van der Waals surface area contributed by atoms with Gasteiger partial charge in [0.2, 0.25) is 5.95 Å². The highest BCUT2D eigenvalue weighted by atomic mass is 35.5. The Labute approximate surface area is 145 Å². The first kappa shape index (κ1) is 15.6. The molecule has 0 amide bonds. The fourth-order valence-corrected chi connectivity index (χ4v) is 4.20. The van der Waals surface area contributed by atoms with Crippen molar-refractivity contribution < 1.29 is 5.11 Å². The minimum Gasteiger partial charge on any atom is -0.396 e. The topological polar surface area (TPSA) is 88.2 Å². The van der Waals surface area contributed by atoms with Gasteiger partial charge in [-0.25, -0.2) is 4.98 Å². The van der Waals surface area contributed by atoms with E-state index in [1.807, 2.05) is 6.20 Å². The number of pyridine rings is 1. The zero-order valence-corrected chi connectivity index (χ0v) is 14.3. The second-order valence-corrected chi connectivity index (χ2v) is 6.92. The smallest absolute Gasteiger partial charge is 0.223 e. The molecule has 2 aromatic rings. The summed E-state index contributed by atoms with van der Waals surface area (Å²) in [6, 6.07) is 0. The SMILES string of the molecule is Cc1c(CN2CC(CO)c3c(Cl)nc(N)nc32)ncc2c1CCC2. The average Bonchev–Trinajstić information content (AvgIpc) is 3.15. The lowest BCUT2D eigenvalue weighted by molar-refractivity contribution is 0.270. The fraction of sp³-hybridized carbons (Fsp3) is 0.471. The Balaban J connectivity index is 1.70. The summed E-state index contributed by atoms with van der Waals surface area (Å²) in [6.45, 7) is 3.43. The Kier molecular flexibility index (Phi) is 3.81. The van der Waals surface area contributed by atoms with Crippen molar-refractivity contribution in [3.63, 3.8) is 0 Å². The van der Waals surface area contributed by atoms with Crippen LogP contribution in [-0.2, 0) is 19.4 Å². The van der Waals surface area contributed by atoms with Gasteiger partial charge in [0.25, 0.3) is 0 Å². The summed E-state index contributed by atoms with van der Waals surface area (Å²) in [4.78, 5) is 15.2. The van der Waals surface area contributed by atoms with Crippen molar-refractivity contribution in [2.24, 2.45) is 0 Å². The first-order chi connectivity index (χ1) is 11.6. The molecule has 0 aromatic carbocycles. The molecule has 1 aliphatic heterocycles. The van der Waals surface area contributed by atoms with Gasteiger partial charge in [0, 0.05) is 24.2 Å². The van der Waals surface area contributed by atoms with Crippen molar-refractivity contribution in [3.05, 3.63) is 39.3 Å². The summed E-state index contributed by atoms with van der Waals surface area (Å²) in [5.74, 6) is 0.775. The summed E-state index contributed by atoms with van der Waals surface area (Å²) in [7, 11) is 0. The van der Waals surface area contributed by atoms with Gasteiger partial charge in [-0.1, -0.05) is 11.6 Å². The van der Waals surface area contributed by atoms with Crippen LogP contribution < -0.4 is 10.6 Å². The molecule has 0 spiro atoms. The molecule has 1 unspecified atom stereocenters. The maximum atomic E-state index is 9.68. The van der Waals surface area contributed by atoms with E-state index in [4.69, 9.17) is 17.3 Å². The van der Waals surface area contributed by atoms with E-state index in [9.17, 15) is 5.11 Å². The summed E-state index contributed by atoms with van der Waals surface area (Å²) in [5, 5.41) is 10.0. The van der Waals surface area contributed by atoms with Crippen LogP contribution in [0, 0.1) is 6.92 Å². The number of aliphatic hydroxyl groups is 1. The molecule has 6 nitrogen and oxygen atoms in total. The van der Waals surface area contributed by atoms with Crippen LogP contribution in [-0.4, -0.2) is 33.2 Å². The number of hydrogen-bond acceptors (Lipinski definition) is 6. The predicted molar refractivity (Wildman–Crippen MR) is 93.3 cm³/mol. The molecule has 0 fully saturated rings. The van der Waals surface area contributed by atoms with Crippen molar-refractivity contribution in [1.82, 2.24) is 15.0 Å². The van der Waals surface area contributed by atoms with E-state index < -0.39 is 0 Å². The van der Waals surface area contributed by atoms with Crippen LogP contribution >= 0.6 is 11.6 Å². The number of fused-ring (bicyclic) bond motifs is 2. The number of halogens is 1. The molecule has 2 aromatic heterocycles. The fourth-order valence-electron chi connectivity index (χ4n) is 3.88. The molecular weight excluding hydrogens is 326 g/mol. The van der Waals surface area contributed by atoms with Crippen LogP contribution in [0.15, 0.2) is 6.20 Å². The van der Waals surface area contributed by atoms with Gasteiger partial charge >= 0.3 is 0 Å². The summed E-state index contributed by atoms with van der Waals surface area (Å²) >= 11 is 6.24. The molecule has 0 bridgehead atoms. The third kappa shape index (κ3) is 2.41. The average molecular weight is 346 g/mol. The van der Waals surface area contributed by atoms with Crippen molar-refractivity contribution in [2.45, 2.75) is 38.6 Å². The van der Waals surface area contributed by atoms with E-state index in [-0.39, 0.29) is 18.5 Å². The molecule has 3 N–H and O–H groups in total. The van der Waals surface area contributed by atoms with Crippen LogP contribution in [0.4, 0.5) is 11.8 Å². The van der Waals surface area contributed by atoms with E-state index in [0.717, 1.165) is 24.1 Å². The molecule has 2 aliphatic rings. The first-order valence-electron chi connectivity index (χ1n) is 8.23. The largest absolute Gasteiger partial charge is 0.396 e.